The molecule has 0 aliphatic rings. The Morgan fingerprint density at radius 3 is 1.26 bits per heavy atom. The number of carboxylic acid groups (broad SMARTS) is 3. The highest BCUT2D eigenvalue weighted by Gasteiger charge is 2.00. The Kier molecular flexibility index (Phi) is 18.8. The van der Waals surface area contributed by atoms with Crippen LogP contribution in [-0.2, 0) is 14.4 Å². The van der Waals surface area contributed by atoms with Gasteiger partial charge in [0, 0.05) is 6.08 Å². The molecule has 9 heteroatoms. The molecule has 0 aliphatic heterocycles. The average molecular weight is 282 g/mol. The van der Waals surface area contributed by atoms with Crippen molar-refractivity contribution in [1.29, 1.82) is 0 Å². The van der Waals surface area contributed by atoms with Crippen LogP contribution in [0.2, 0.25) is 0 Å². The molecule has 0 radical (unpaired) electrons. The van der Waals surface area contributed by atoms with Crippen LogP contribution in [0.1, 0.15) is 12.8 Å². The first kappa shape index (κ1) is 22.2. The van der Waals surface area contributed by atoms with Crippen molar-refractivity contribution in [3.8, 4) is 0 Å². The smallest absolute Gasteiger partial charge is 0.327 e. The lowest BCUT2D eigenvalue weighted by Gasteiger charge is -1.96. The third kappa shape index (κ3) is 38.7. The van der Waals surface area contributed by atoms with Crippen LogP contribution in [-0.4, -0.2) is 67.9 Å². The molecular formula is C10H18O9. The fourth-order valence-corrected chi connectivity index (χ4v) is 0.272. The van der Waals surface area contributed by atoms with Gasteiger partial charge in [0.2, 0.25) is 0 Å². The van der Waals surface area contributed by atoms with Gasteiger partial charge in [-0.05, 0) is 0 Å². The average Bonchev–Trinajstić information content (AvgIpc) is 2.36. The summed E-state index contributed by atoms with van der Waals surface area (Å²) in [6.45, 7) is 2.23. The molecule has 0 unspecified atom stereocenters. The maximum atomic E-state index is 9.64. The Bertz CT molecular complexity index is 256. The van der Waals surface area contributed by atoms with Gasteiger partial charge in [0.25, 0.3) is 0 Å². The van der Waals surface area contributed by atoms with Gasteiger partial charge in [-0.25, -0.2) is 4.79 Å². The zero-order valence-corrected chi connectivity index (χ0v) is 10.1. The Labute approximate surface area is 109 Å². The maximum Gasteiger partial charge on any atom is 0.327 e. The van der Waals surface area contributed by atoms with E-state index in [1.165, 1.54) is 0 Å². The number of aliphatic hydroxyl groups is 3. The molecule has 0 fully saturated rings. The normalized spacial score (nSPS) is 8.42. The largest absolute Gasteiger partial charge is 0.481 e. The lowest BCUT2D eigenvalue weighted by atomic mass is 10.3. The van der Waals surface area contributed by atoms with Crippen LogP contribution in [0.5, 0.6) is 0 Å². The van der Waals surface area contributed by atoms with E-state index in [-0.39, 0.29) is 26.1 Å². The summed E-state index contributed by atoms with van der Waals surface area (Å²) in [7, 11) is 0. The summed E-state index contributed by atoms with van der Waals surface area (Å²) in [5.41, 5.74) is 0. The van der Waals surface area contributed by atoms with Crippen LogP contribution < -0.4 is 0 Å². The van der Waals surface area contributed by atoms with Gasteiger partial charge in [-0.15, -0.1) is 0 Å². The Morgan fingerprint density at radius 1 is 0.947 bits per heavy atom. The lowest BCUT2D eigenvalue weighted by Crippen LogP contribution is -2.15. The monoisotopic (exact) mass is 282 g/mol. The molecule has 0 bridgehead atoms. The first-order valence-electron chi connectivity index (χ1n) is 4.89. The van der Waals surface area contributed by atoms with Gasteiger partial charge < -0.3 is 30.6 Å². The highest BCUT2D eigenvalue weighted by molar-refractivity contribution is 5.78. The van der Waals surface area contributed by atoms with Crippen molar-refractivity contribution in [3.63, 3.8) is 0 Å². The molecule has 0 rings (SSSR count). The molecule has 9 nitrogen and oxygen atoms in total. The summed E-state index contributed by atoms with van der Waals surface area (Å²) in [5.74, 6) is -3.13. The minimum absolute atomic E-state index is 0.296. The van der Waals surface area contributed by atoms with E-state index in [0.717, 1.165) is 6.08 Å². The third-order valence-corrected chi connectivity index (χ3v) is 1.15. The number of carboxylic acids is 3. The molecule has 0 aliphatic carbocycles. The van der Waals surface area contributed by atoms with Gasteiger partial charge >= 0.3 is 17.9 Å². The second kappa shape index (κ2) is 16.0. The van der Waals surface area contributed by atoms with Gasteiger partial charge in [-0.3, -0.25) is 9.59 Å². The van der Waals surface area contributed by atoms with Crippen molar-refractivity contribution in [3.05, 3.63) is 12.7 Å². The third-order valence-electron chi connectivity index (χ3n) is 1.15. The number of rotatable bonds is 6. The number of aliphatic carboxylic acids is 3. The summed E-state index contributed by atoms with van der Waals surface area (Å²) in [4.78, 5) is 28.5. The molecule has 0 aromatic carbocycles. The van der Waals surface area contributed by atoms with Crippen LogP contribution in [0.4, 0.5) is 0 Å². The number of aliphatic hydroxyl groups excluding tert-OH is 3. The Morgan fingerprint density at radius 2 is 1.21 bits per heavy atom. The highest BCUT2D eigenvalue weighted by Crippen LogP contribution is 1.86. The molecule has 6 N–H and O–H groups in total. The van der Waals surface area contributed by atoms with E-state index >= 15 is 0 Å². The Hall–Kier alpha value is -1.97. The molecule has 0 heterocycles. The quantitative estimate of drug-likeness (QED) is 0.318. The first-order chi connectivity index (χ1) is 8.70. The van der Waals surface area contributed by atoms with Gasteiger partial charge in [-0.2, -0.15) is 0 Å². The van der Waals surface area contributed by atoms with Crippen LogP contribution in [0.3, 0.4) is 0 Å². The van der Waals surface area contributed by atoms with Gasteiger partial charge in [-0.1, -0.05) is 6.58 Å². The molecule has 112 valence electrons. The molecule has 0 saturated heterocycles. The minimum Gasteiger partial charge on any atom is -0.481 e. The standard InChI is InChI=1S/C4H6O4.C3H8O3.C3H4O2/c5-3(6)1-2-4(7)8;4-1-3(6)2-5;1-2-3(4)5/h1-2H2,(H,5,6)(H,7,8);3-6H,1-2H2;2H,1H2,(H,4,5). The van der Waals surface area contributed by atoms with Crippen LogP contribution in [0.25, 0.3) is 0 Å². The zero-order chi connectivity index (χ0) is 15.8. The molecule has 0 atom stereocenters. The Balaban J connectivity index is -0.000000209. The van der Waals surface area contributed by atoms with Gasteiger partial charge in [0.15, 0.2) is 0 Å². The van der Waals surface area contributed by atoms with E-state index < -0.39 is 24.0 Å². The molecule has 0 saturated carbocycles. The molecule has 0 amide bonds. The second-order valence-corrected chi connectivity index (χ2v) is 2.85. The van der Waals surface area contributed by atoms with Crippen LogP contribution in [0, 0.1) is 0 Å². The summed E-state index contributed by atoms with van der Waals surface area (Å²) < 4.78 is 0. The van der Waals surface area contributed by atoms with Crippen molar-refractivity contribution in [2.45, 2.75) is 18.9 Å². The van der Waals surface area contributed by atoms with Gasteiger partial charge in [0.05, 0.1) is 26.1 Å². The minimum atomic E-state index is -1.08. The second-order valence-electron chi connectivity index (χ2n) is 2.85. The summed E-state index contributed by atoms with van der Waals surface area (Å²) in [6.07, 6.45) is -0.713. The first-order valence-corrected chi connectivity index (χ1v) is 4.89. The van der Waals surface area contributed by atoms with E-state index in [1.807, 2.05) is 0 Å². The van der Waals surface area contributed by atoms with Crippen molar-refractivity contribution < 1.29 is 45.0 Å². The topological polar surface area (TPSA) is 173 Å². The number of hydrogen-bond acceptors (Lipinski definition) is 6. The molecule has 0 aromatic heterocycles. The predicted molar refractivity (Wildman–Crippen MR) is 62.5 cm³/mol. The van der Waals surface area contributed by atoms with E-state index in [2.05, 4.69) is 6.58 Å². The fraction of sp³-hybridized carbons (Fsp3) is 0.500. The van der Waals surface area contributed by atoms with Crippen LogP contribution in [0.15, 0.2) is 12.7 Å². The van der Waals surface area contributed by atoms with Gasteiger partial charge in [0.1, 0.15) is 6.10 Å². The molecule has 0 aromatic rings. The summed E-state index contributed by atoms with van der Waals surface area (Å²) in [5, 5.41) is 47.4. The van der Waals surface area contributed by atoms with Crippen molar-refractivity contribution in [1.82, 2.24) is 0 Å². The van der Waals surface area contributed by atoms with E-state index in [4.69, 9.17) is 30.6 Å². The molecule has 0 spiro atoms. The SMILES string of the molecule is C=CC(=O)O.O=C(O)CCC(=O)O.OCC(O)CO. The van der Waals surface area contributed by atoms with Crippen molar-refractivity contribution in [2.24, 2.45) is 0 Å². The maximum absolute atomic E-state index is 9.64. The highest BCUT2D eigenvalue weighted by atomic mass is 16.4. The zero-order valence-electron chi connectivity index (χ0n) is 10.1. The molecular weight excluding hydrogens is 264 g/mol. The van der Waals surface area contributed by atoms with Crippen LogP contribution >= 0.6 is 0 Å². The summed E-state index contributed by atoms with van der Waals surface area (Å²) >= 11 is 0. The predicted octanol–water partition coefficient (Wildman–Crippen LogP) is -1.48. The van der Waals surface area contributed by atoms with E-state index in [9.17, 15) is 14.4 Å². The van der Waals surface area contributed by atoms with E-state index in [1.54, 1.807) is 0 Å². The lowest BCUT2D eigenvalue weighted by molar-refractivity contribution is -0.143. The number of hydrogen-bond donors (Lipinski definition) is 6. The van der Waals surface area contributed by atoms with E-state index in [0.29, 0.717) is 0 Å². The van der Waals surface area contributed by atoms with Crippen molar-refractivity contribution in [2.75, 3.05) is 13.2 Å². The number of carbonyl (C=O) groups is 3. The van der Waals surface area contributed by atoms with Crippen molar-refractivity contribution >= 4 is 17.9 Å². The fourth-order valence-electron chi connectivity index (χ4n) is 0.272. The molecule has 19 heavy (non-hydrogen) atoms. The summed E-state index contributed by atoms with van der Waals surface area (Å²) in [6, 6.07) is 0.